The lowest BCUT2D eigenvalue weighted by molar-refractivity contribution is -0.140. The van der Waals surface area contributed by atoms with E-state index in [9.17, 15) is 14.7 Å². The summed E-state index contributed by atoms with van der Waals surface area (Å²) in [7, 11) is 0. The summed E-state index contributed by atoms with van der Waals surface area (Å²) in [5, 5.41) is 16.2. The number of para-hydroxylation sites is 1. The molecule has 1 heterocycles. The Kier molecular flexibility index (Phi) is 6.15. The van der Waals surface area contributed by atoms with Crippen molar-refractivity contribution in [3.63, 3.8) is 0 Å². The van der Waals surface area contributed by atoms with Crippen molar-refractivity contribution in [2.24, 2.45) is 0 Å². The molecule has 2 aromatic rings. The number of hydrogen-bond acceptors (Lipinski definition) is 4. The maximum atomic E-state index is 12.5. The first kappa shape index (κ1) is 19.7. The highest BCUT2D eigenvalue weighted by Gasteiger charge is 2.23. The Labute approximate surface area is 153 Å². The molecule has 7 heteroatoms. The van der Waals surface area contributed by atoms with Crippen LogP contribution in [0, 0.1) is 6.92 Å². The molecule has 1 atom stereocenters. The van der Waals surface area contributed by atoms with Crippen molar-refractivity contribution in [3.8, 4) is 5.69 Å². The van der Waals surface area contributed by atoms with Gasteiger partial charge in [-0.05, 0) is 39.8 Å². The molecule has 0 aliphatic rings. The van der Waals surface area contributed by atoms with E-state index in [1.165, 1.54) is 0 Å². The van der Waals surface area contributed by atoms with Gasteiger partial charge in [0, 0.05) is 19.2 Å². The van der Waals surface area contributed by atoms with Crippen LogP contribution < -0.4 is 5.32 Å². The van der Waals surface area contributed by atoms with Gasteiger partial charge in [-0.15, -0.1) is 0 Å². The van der Waals surface area contributed by atoms with Gasteiger partial charge in [0.15, 0.2) is 0 Å². The van der Waals surface area contributed by atoms with Crippen LogP contribution in [0.15, 0.2) is 36.5 Å². The number of carboxylic acids is 1. The van der Waals surface area contributed by atoms with Crippen LogP contribution in [0.4, 0.5) is 0 Å². The standard InChI is InChI=1S/C19H25N3O4/c1-13-15(12-22(21-13)14-8-6-5-7-9-14)17(23)20-16(18(24)25)10-11-26-19(2,3)4/h5-9,12,16H,10-11H2,1-4H3,(H,20,23)(H,24,25). The molecule has 0 spiro atoms. The fourth-order valence-corrected chi connectivity index (χ4v) is 2.37. The predicted molar refractivity (Wildman–Crippen MR) is 97.5 cm³/mol. The smallest absolute Gasteiger partial charge is 0.326 e. The van der Waals surface area contributed by atoms with Gasteiger partial charge in [-0.1, -0.05) is 18.2 Å². The van der Waals surface area contributed by atoms with Crippen LogP contribution in [0.2, 0.25) is 0 Å². The van der Waals surface area contributed by atoms with Crippen LogP contribution in [-0.2, 0) is 9.53 Å². The van der Waals surface area contributed by atoms with Crippen molar-refractivity contribution in [1.29, 1.82) is 0 Å². The summed E-state index contributed by atoms with van der Waals surface area (Å²) in [6.45, 7) is 7.63. The first-order chi connectivity index (χ1) is 12.2. The second-order valence-corrected chi connectivity index (χ2v) is 7.02. The van der Waals surface area contributed by atoms with Gasteiger partial charge in [-0.2, -0.15) is 5.10 Å². The van der Waals surface area contributed by atoms with E-state index in [-0.39, 0.29) is 18.6 Å². The maximum Gasteiger partial charge on any atom is 0.326 e. The first-order valence-electron chi connectivity index (χ1n) is 8.47. The molecule has 0 saturated heterocycles. The summed E-state index contributed by atoms with van der Waals surface area (Å²) in [4.78, 5) is 24.0. The highest BCUT2D eigenvalue weighted by atomic mass is 16.5. The lowest BCUT2D eigenvalue weighted by Crippen LogP contribution is -2.42. The zero-order valence-corrected chi connectivity index (χ0v) is 15.5. The van der Waals surface area contributed by atoms with E-state index in [0.29, 0.717) is 11.3 Å². The lowest BCUT2D eigenvalue weighted by Gasteiger charge is -2.21. The zero-order chi connectivity index (χ0) is 19.3. The molecule has 1 aromatic carbocycles. The molecule has 7 nitrogen and oxygen atoms in total. The second-order valence-electron chi connectivity index (χ2n) is 7.02. The van der Waals surface area contributed by atoms with Crippen LogP contribution in [0.1, 0.15) is 43.2 Å². The Morgan fingerprint density at radius 3 is 2.50 bits per heavy atom. The quantitative estimate of drug-likeness (QED) is 0.792. The molecule has 1 amide bonds. The Morgan fingerprint density at radius 1 is 1.27 bits per heavy atom. The Bertz CT molecular complexity index is 763. The van der Waals surface area contributed by atoms with Crippen LogP contribution in [0.3, 0.4) is 0 Å². The van der Waals surface area contributed by atoms with E-state index < -0.39 is 17.9 Å². The highest BCUT2D eigenvalue weighted by Crippen LogP contribution is 2.13. The van der Waals surface area contributed by atoms with Gasteiger partial charge < -0.3 is 15.2 Å². The maximum absolute atomic E-state index is 12.5. The average molecular weight is 359 g/mol. The molecule has 0 fully saturated rings. The van der Waals surface area contributed by atoms with Gasteiger partial charge in [0.2, 0.25) is 0 Å². The summed E-state index contributed by atoms with van der Waals surface area (Å²) in [6, 6.07) is 8.37. The number of aryl methyl sites for hydroxylation is 1. The minimum atomic E-state index is -1.09. The molecule has 0 radical (unpaired) electrons. The number of aliphatic carboxylic acids is 1. The monoisotopic (exact) mass is 359 g/mol. The minimum absolute atomic E-state index is 0.185. The Balaban J connectivity index is 2.07. The van der Waals surface area contributed by atoms with E-state index in [1.807, 2.05) is 51.1 Å². The summed E-state index contributed by atoms with van der Waals surface area (Å²) >= 11 is 0. The molecule has 2 N–H and O–H groups in total. The number of carbonyl (C=O) groups excluding carboxylic acids is 1. The highest BCUT2D eigenvalue weighted by molar-refractivity contribution is 5.97. The van der Waals surface area contributed by atoms with Crippen LogP contribution in [0.25, 0.3) is 5.69 Å². The normalized spacial score (nSPS) is 12.6. The molecule has 2 rings (SSSR count). The largest absolute Gasteiger partial charge is 0.480 e. The third kappa shape index (κ3) is 5.42. The number of rotatable bonds is 7. The van der Waals surface area contributed by atoms with Crippen LogP contribution >= 0.6 is 0 Å². The third-order valence-electron chi connectivity index (χ3n) is 3.71. The summed E-state index contributed by atoms with van der Waals surface area (Å²) in [6.07, 6.45) is 1.79. The third-order valence-corrected chi connectivity index (χ3v) is 3.71. The van der Waals surface area contributed by atoms with Crippen molar-refractivity contribution >= 4 is 11.9 Å². The van der Waals surface area contributed by atoms with Gasteiger partial charge in [0.1, 0.15) is 6.04 Å². The van der Waals surface area contributed by atoms with Gasteiger partial charge in [0.05, 0.1) is 22.5 Å². The van der Waals surface area contributed by atoms with Crippen molar-refractivity contribution in [3.05, 3.63) is 47.8 Å². The lowest BCUT2D eigenvalue weighted by atomic mass is 10.1. The van der Waals surface area contributed by atoms with E-state index in [0.717, 1.165) is 5.69 Å². The molecule has 0 bridgehead atoms. The summed E-state index contributed by atoms with van der Waals surface area (Å²) in [5.74, 6) is -1.56. The summed E-state index contributed by atoms with van der Waals surface area (Å²) in [5.41, 5.74) is 1.33. The van der Waals surface area contributed by atoms with Crippen molar-refractivity contribution < 1.29 is 19.4 Å². The molecular formula is C19H25N3O4. The number of nitrogens with zero attached hydrogens (tertiary/aromatic N) is 2. The SMILES string of the molecule is Cc1nn(-c2ccccc2)cc1C(=O)NC(CCOC(C)(C)C)C(=O)O. The summed E-state index contributed by atoms with van der Waals surface area (Å²) < 4.78 is 7.15. The van der Waals surface area contributed by atoms with Gasteiger partial charge in [-0.3, -0.25) is 4.79 Å². The number of nitrogens with one attached hydrogen (secondary N) is 1. The minimum Gasteiger partial charge on any atom is -0.480 e. The Morgan fingerprint density at radius 2 is 1.92 bits per heavy atom. The van der Waals surface area contributed by atoms with Crippen LogP contribution in [0.5, 0.6) is 0 Å². The molecule has 1 aromatic heterocycles. The molecule has 0 saturated carbocycles. The van der Waals surface area contributed by atoms with Gasteiger partial charge in [-0.25, -0.2) is 9.48 Å². The van der Waals surface area contributed by atoms with Gasteiger partial charge in [0.25, 0.3) is 5.91 Å². The van der Waals surface area contributed by atoms with E-state index in [2.05, 4.69) is 10.4 Å². The number of aromatic nitrogens is 2. The first-order valence-corrected chi connectivity index (χ1v) is 8.47. The predicted octanol–water partition coefficient (Wildman–Crippen LogP) is 2.57. The van der Waals surface area contributed by atoms with Crippen molar-refractivity contribution in [2.75, 3.05) is 6.61 Å². The molecule has 140 valence electrons. The molecular weight excluding hydrogens is 334 g/mol. The number of benzene rings is 1. The van der Waals surface area contributed by atoms with E-state index in [1.54, 1.807) is 17.8 Å². The second kappa shape index (κ2) is 8.14. The number of carboxylic acid groups (broad SMARTS) is 1. The average Bonchev–Trinajstić information content (AvgIpc) is 2.95. The van der Waals surface area contributed by atoms with Gasteiger partial charge >= 0.3 is 5.97 Å². The number of amides is 1. The fraction of sp³-hybridized carbons (Fsp3) is 0.421. The Hall–Kier alpha value is -2.67. The fourth-order valence-electron chi connectivity index (χ4n) is 2.37. The molecule has 0 aliphatic carbocycles. The van der Waals surface area contributed by atoms with E-state index >= 15 is 0 Å². The van der Waals surface area contributed by atoms with Crippen LogP contribution in [-0.4, -0.2) is 45.0 Å². The molecule has 26 heavy (non-hydrogen) atoms. The number of carbonyl (C=O) groups is 2. The molecule has 1 unspecified atom stereocenters. The van der Waals surface area contributed by atoms with Crippen molar-refractivity contribution in [1.82, 2.24) is 15.1 Å². The van der Waals surface area contributed by atoms with E-state index in [4.69, 9.17) is 4.74 Å². The number of hydrogen-bond donors (Lipinski definition) is 2. The topological polar surface area (TPSA) is 93.5 Å². The van der Waals surface area contributed by atoms with Crippen molar-refractivity contribution in [2.45, 2.75) is 45.8 Å². The number of ether oxygens (including phenoxy) is 1. The molecule has 0 aliphatic heterocycles. The zero-order valence-electron chi connectivity index (χ0n) is 15.5.